The number of halogens is 6. The number of nitrogens with zero attached hydrogens (tertiary/aromatic N) is 3. The molecule has 0 spiro atoms. The number of likely N-dealkylation sites (tertiary alicyclic amines) is 2. The Morgan fingerprint density at radius 3 is 2.41 bits per heavy atom. The Bertz CT molecular complexity index is 1380. The molecular weight excluding hydrogens is 554 g/mol. The molecule has 41 heavy (non-hydrogen) atoms. The van der Waals surface area contributed by atoms with E-state index in [1.54, 1.807) is 19.1 Å². The van der Waals surface area contributed by atoms with Crippen LogP contribution in [0.1, 0.15) is 57.4 Å². The molecule has 2 N–H and O–H groups in total. The van der Waals surface area contributed by atoms with E-state index in [1.165, 1.54) is 11.0 Å². The van der Waals surface area contributed by atoms with Gasteiger partial charge >= 0.3 is 12.4 Å². The van der Waals surface area contributed by atoms with E-state index >= 15 is 0 Å². The van der Waals surface area contributed by atoms with Crippen LogP contribution in [0, 0.1) is 18.8 Å². The van der Waals surface area contributed by atoms with Gasteiger partial charge in [0.2, 0.25) is 11.8 Å². The Morgan fingerprint density at radius 1 is 1.10 bits per heavy atom. The number of carbonyl (C=O) groups excluding carboxylic acids is 2. The van der Waals surface area contributed by atoms with Gasteiger partial charge in [0.05, 0.1) is 47.0 Å². The number of ether oxygens (including phenoxy) is 1. The number of hydrogen-bond acceptors (Lipinski definition) is 5. The zero-order chi connectivity index (χ0) is 32.6. The van der Waals surface area contributed by atoms with Gasteiger partial charge in [-0.05, 0) is 74.4 Å². The first-order valence-corrected chi connectivity index (χ1v) is 13.1. The normalized spacial score (nSPS) is 22.2. The average molecular weight is 590 g/mol. The number of nitrogens with two attached hydrogens (primary N) is 1. The lowest BCUT2D eigenvalue weighted by Gasteiger charge is -2.38. The lowest BCUT2D eigenvalue weighted by atomic mass is 9.77. The molecule has 0 aliphatic carbocycles. The summed E-state index contributed by atoms with van der Waals surface area (Å²) >= 11 is 0. The summed E-state index contributed by atoms with van der Waals surface area (Å²) in [5, 5.41) is 0. The van der Waals surface area contributed by atoms with E-state index in [9.17, 15) is 35.9 Å². The second-order valence-corrected chi connectivity index (χ2v) is 10.5. The van der Waals surface area contributed by atoms with E-state index in [4.69, 9.17) is 14.6 Å². The summed E-state index contributed by atoms with van der Waals surface area (Å²) in [6.45, 7) is 3.01. The molecule has 2 amide bonds. The maximum Gasteiger partial charge on any atom is 0.418 e. The number of rotatable bonds is 7. The number of aromatic nitrogens is 1. The molecule has 2 aliphatic heterocycles. The molecule has 0 radical (unpaired) electrons. The van der Waals surface area contributed by atoms with Gasteiger partial charge in [0.25, 0.3) is 0 Å². The van der Waals surface area contributed by atoms with Crippen molar-refractivity contribution >= 4 is 11.8 Å². The molecule has 2 atom stereocenters. The van der Waals surface area contributed by atoms with Gasteiger partial charge in [-0.15, -0.1) is 0 Å². The van der Waals surface area contributed by atoms with Crippen molar-refractivity contribution < 1.29 is 44.8 Å². The first-order chi connectivity index (χ1) is 20.3. The third-order valence-electron chi connectivity index (χ3n) is 8.06. The summed E-state index contributed by atoms with van der Waals surface area (Å²) in [5.74, 6) is -1.30. The van der Waals surface area contributed by atoms with Crippen molar-refractivity contribution in [2.24, 2.45) is 17.6 Å². The Morgan fingerprint density at radius 2 is 1.80 bits per heavy atom. The van der Waals surface area contributed by atoms with E-state index in [1.807, 2.05) is 4.90 Å². The Labute approximate surface area is 237 Å². The Hall–Kier alpha value is -3.35. The molecule has 13 heteroatoms. The minimum absolute atomic E-state index is 0.0421. The van der Waals surface area contributed by atoms with Crippen LogP contribution >= 0.6 is 0 Å². The van der Waals surface area contributed by atoms with E-state index in [0.29, 0.717) is 43.5 Å². The SMILES string of the molecule is [2H]C([2H])([2H])Oc1cccc([C@@H]2[C@H](C3CCN(CC(N)=O)CC3)CCN2C(=O)Cc2ncc(C(F)(F)F)cc2C(F)(F)F)c1C. The number of primary amides is 1. The fraction of sp³-hybridized carbons (Fsp3) is 0.536. The van der Waals surface area contributed by atoms with Crippen molar-refractivity contribution in [3.63, 3.8) is 0 Å². The molecule has 2 saturated heterocycles. The highest BCUT2D eigenvalue weighted by Crippen LogP contribution is 2.47. The molecule has 2 aliphatic rings. The van der Waals surface area contributed by atoms with Gasteiger partial charge in [-0.25, -0.2) is 0 Å². The summed E-state index contributed by atoms with van der Waals surface area (Å²) in [6, 6.07) is 4.00. The lowest BCUT2D eigenvalue weighted by molar-refractivity contribution is -0.144. The predicted molar refractivity (Wildman–Crippen MR) is 137 cm³/mol. The topological polar surface area (TPSA) is 88.8 Å². The number of carbonyl (C=O) groups is 2. The number of pyridine rings is 1. The number of alkyl halides is 6. The number of benzene rings is 1. The molecule has 1 aromatic heterocycles. The van der Waals surface area contributed by atoms with Gasteiger partial charge < -0.3 is 15.4 Å². The van der Waals surface area contributed by atoms with Crippen LogP contribution < -0.4 is 10.5 Å². The maximum atomic E-state index is 13.8. The molecule has 1 aromatic carbocycles. The first kappa shape index (κ1) is 26.5. The molecule has 224 valence electrons. The third-order valence-corrected chi connectivity index (χ3v) is 8.06. The molecule has 3 heterocycles. The minimum Gasteiger partial charge on any atom is -0.496 e. The fourth-order valence-corrected chi connectivity index (χ4v) is 6.09. The summed E-state index contributed by atoms with van der Waals surface area (Å²) in [7, 11) is -2.76. The highest BCUT2D eigenvalue weighted by Gasteiger charge is 2.45. The second kappa shape index (κ2) is 11.9. The highest BCUT2D eigenvalue weighted by molar-refractivity contribution is 5.80. The monoisotopic (exact) mass is 589 g/mol. The molecule has 7 nitrogen and oxygen atoms in total. The van der Waals surface area contributed by atoms with Crippen LogP contribution in [0.2, 0.25) is 0 Å². The molecule has 0 bridgehead atoms. The van der Waals surface area contributed by atoms with Crippen LogP contribution in [0.5, 0.6) is 5.75 Å². The molecule has 2 fully saturated rings. The molecule has 0 unspecified atom stereocenters. The van der Waals surface area contributed by atoms with Crippen molar-refractivity contribution in [3.05, 3.63) is 58.4 Å². The van der Waals surface area contributed by atoms with Gasteiger partial charge in [-0.2, -0.15) is 26.3 Å². The second-order valence-electron chi connectivity index (χ2n) is 10.5. The van der Waals surface area contributed by atoms with Gasteiger partial charge in [0.1, 0.15) is 5.75 Å². The van der Waals surface area contributed by atoms with Crippen LogP contribution in [-0.2, 0) is 28.4 Å². The zero-order valence-corrected chi connectivity index (χ0v) is 22.2. The van der Waals surface area contributed by atoms with Gasteiger partial charge in [0.15, 0.2) is 0 Å². The van der Waals surface area contributed by atoms with Crippen LogP contribution in [0.25, 0.3) is 0 Å². The van der Waals surface area contributed by atoms with Gasteiger partial charge in [-0.3, -0.25) is 19.5 Å². The Balaban J connectivity index is 1.69. The smallest absolute Gasteiger partial charge is 0.418 e. The fourth-order valence-electron chi connectivity index (χ4n) is 6.09. The van der Waals surface area contributed by atoms with Crippen LogP contribution in [0.15, 0.2) is 30.5 Å². The van der Waals surface area contributed by atoms with Crippen LogP contribution in [0.3, 0.4) is 0 Å². The van der Waals surface area contributed by atoms with E-state index < -0.39 is 60.5 Å². The largest absolute Gasteiger partial charge is 0.496 e. The summed E-state index contributed by atoms with van der Waals surface area (Å²) < 4.78 is 109. The van der Waals surface area contributed by atoms with E-state index in [0.717, 1.165) is 0 Å². The van der Waals surface area contributed by atoms with Crippen LogP contribution in [0.4, 0.5) is 26.3 Å². The minimum atomic E-state index is -5.19. The van der Waals surface area contributed by atoms with Crippen molar-refractivity contribution in [3.8, 4) is 5.75 Å². The molecule has 2 aromatic rings. The molecule has 4 rings (SSSR count). The van der Waals surface area contributed by atoms with Crippen LogP contribution in [-0.4, -0.2) is 59.8 Å². The zero-order valence-electron chi connectivity index (χ0n) is 25.2. The standard InChI is InChI=1S/C28H32F6N4O3/c1-16-19(4-3-5-23(16)41-2)26-20(17-6-9-37(10-7-17)15-24(35)39)8-11-38(26)25(40)13-22-21(28(32,33)34)12-18(14-36-22)27(29,30)31/h3-5,12,14,17,20,26H,6-11,13,15H2,1-2H3,(H2,35,39)/t20-,26+/m0/s1/i2D3. The van der Waals surface area contributed by atoms with Crippen molar-refractivity contribution in [2.75, 3.05) is 33.2 Å². The lowest BCUT2D eigenvalue weighted by Crippen LogP contribution is -2.42. The van der Waals surface area contributed by atoms with Gasteiger partial charge in [-0.1, -0.05) is 12.1 Å². The maximum absolute atomic E-state index is 13.8. The van der Waals surface area contributed by atoms with Gasteiger partial charge in [0, 0.05) is 12.7 Å². The summed E-state index contributed by atoms with van der Waals surface area (Å²) in [5.41, 5.74) is 2.27. The Kier molecular flexibility index (Phi) is 7.68. The summed E-state index contributed by atoms with van der Waals surface area (Å²) in [6.07, 6.45) is -9.07. The average Bonchev–Trinajstić information content (AvgIpc) is 3.33. The number of hydrogen-bond donors (Lipinski definition) is 1. The van der Waals surface area contributed by atoms with Crippen molar-refractivity contribution in [2.45, 2.75) is 51.0 Å². The summed E-state index contributed by atoms with van der Waals surface area (Å²) in [4.78, 5) is 31.8. The molecule has 0 saturated carbocycles. The number of methoxy groups -OCH3 is 1. The number of amides is 2. The number of piperidine rings is 1. The predicted octanol–water partition coefficient (Wildman–Crippen LogP) is 4.77. The van der Waals surface area contributed by atoms with Crippen molar-refractivity contribution in [1.29, 1.82) is 0 Å². The van der Waals surface area contributed by atoms with Crippen molar-refractivity contribution in [1.82, 2.24) is 14.8 Å². The van der Waals surface area contributed by atoms with E-state index in [2.05, 4.69) is 4.98 Å². The quantitative estimate of drug-likeness (QED) is 0.471. The molecular formula is C28H32F6N4O3. The first-order valence-electron chi connectivity index (χ1n) is 14.6. The van der Waals surface area contributed by atoms with E-state index in [-0.39, 0.29) is 42.9 Å². The third kappa shape index (κ3) is 6.77. The highest BCUT2D eigenvalue weighted by atomic mass is 19.4.